The van der Waals surface area contributed by atoms with Crippen LogP contribution in [0.1, 0.15) is 10.4 Å². The molecule has 3 N–H and O–H groups in total. The van der Waals surface area contributed by atoms with Crippen molar-refractivity contribution in [3.8, 4) is 11.5 Å². The van der Waals surface area contributed by atoms with Crippen LogP contribution in [0.2, 0.25) is 0 Å². The molecule has 6 nitrogen and oxygen atoms in total. The van der Waals surface area contributed by atoms with Gasteiger partial charge in [0.25, 0.3) is 5.91 Å². The van der Waals surface area contributed by atoms with Gasteiger partial charge in [-0.2, -0.15) is 0 Å². The van der Waals surface area contributed by atoms with Crippen LogP contribution in [0.5, 0.6) is 11.5 Å². The van der Waals surface area contributed by atoms with Gasteiger partial charge in [0, 0.05) is 17.1 Å². The van der Waals surface area contributed by atoms with E-state index in [0.717, 1.165) is 18.2 Å². The highest BCUT2D eigenvalue weighted by Gasteiger charge is 2.65. The summed E-state index contributed by atoms with van der Waals surface area (Å²) in [6, 6.07) is 4.44. The lowest BCUT2D eigenvalue weighted by Gasteiger charge is -2.40. The van der Waals surface area contributed by atoms with Gasteiger partial charge >= 0.3 is 15.8 Å². The standard InChI is InChI=1S/C16H10F5NO5S/c17-28(18,19,20,21)10-3-1-9(2-4-10)22-15(25)11-5-8-6-12(23)13(24)7-14(8)27-16(11)26/h1-7,23-24H,(H,22,25). The molecule has 0 aliphatic carbocycles. The first-order valence-electron chi connectivity index (χ1n) is 7.29. The van der Waals surface area contributed by atoms with E-state index < -0.39 is 43.7 Å². The Morgan fingerprint density at radius 2 is 1.50 bits per heavy atom. The lowest BCUT2D eigenvalue weighted by Crippen LogP contribution is -2.20. The van der Waals surface area contributed by atoms with Crippen LogP contribution in [0.15, 0.2) is 56.6 Å². The van der Waals surface area contributed by atoms with Crippen molar-refractivity contribution in [3.63, 3.8) is 0 Å². The quantitative estimate of drug-likeness (QED) is 0.309. The van der Waals surface area contributed by atoms with Crippen molar-refractivity contribution in [1.29, 1.82) is 0 Å². The van der Waals surface area contributed by atoms with Crippen molar-refractivity contribution in [2.75, 3.05) is 5.32 Å². The monoisotopic (exact) mass is 423 g/mol. The highest BCUT2D eigenvalue weighted by molar-refractivity contribution is 8.45. The summed E-state index contributed by atoms with van der Waals surface area (Å²) < 4.78 is 68.3. The Kier molecular flexibility index (Phi) is 3.74. The molecule has 0 aliphatic rings. The Bertz CT molecular complexity index is 1170. The van der Waals surface area contributed by atoms with Crippen LogP contribution >= 0.6 is 10.2 Å². The highest BCUT2D eigenvalue weighted by atomic mass is 32.5. The molecule has 3 aromatic rings. The first-order valence-corrected chi connectivity index (χ1v) is 9.24. The average molecular weight is 423 g/mol. The Balaban J connectivity index is 1.92. The largest absolute Gasteiger partial charge is 0.504 e. The van der Waals surface area contributed by atoms with E-state index in [9.17, 15) is 39.2 Å². The van der Waals surface area contributed by atoms with E-state index in [0.29, 0.717) is 12.1 Å². The fraction of sp³-hybridized carbons (Fsp3) is 0. The number of nitrogens with one attached hydrogen (secondary N) is 1. The van der Waals surface area contributed by atoms with Crippen LogP contribution in [-0.2, 0) is 0 Å². The van der Waals surface area contributed by atoms with Crippen molar-refractivity contribution in [1.82, 2.24) is 0 Å². The van der Waals surface area contributed by atoms with E-state index in [2.05, 4.69) is 5.32 Å². The third kappa shape index (κ3) is 3.86. The lowest BCUT2D eigenvalue weighted by molar-refractivity contribution is 0.102. The smallest absolute Gasteiger partial charge is 0.349 e. The van der Waals surface area contributed by atoms with Gasteiger partial charge < -0.3 is 19.9 Å². The van der Waals surface area contributed by atoms with E-state index >= 15 is 0 Å². The molecule has 28 heavy (non-hydrogen) atoms. The molecule has 1 heterocycles. The molecule has 0 saturated heterocycles. The molecule has 0 saturated carbocycles. The molecule has 0 atom stereocenters. The van der Waals surface area contributed by atoms with Gasteiger partial charge in [-0.25, -0.2) is 4.79 Å². The summed E-state index contributed by atoms with van der Waals surface area (Å²) in [5.74, 6) is -2.18. The van der Waals surface area contributed by atoms with Crippen molar-refractivity contribution in [2.24, 2.45) is 0 Å². The molecule has 12 heteroatoms. The number of benzene rings is 2. The number of halogens is 5. The fourth-order valence-electron chi connectivity index (χ4n) is 2.30. The second kappa shape index (κ2) is 5.38. The number of hydrogen-bond donors (Lipinski definition) is 3. The molecule has 1 amide bonds. The molecular formula is C16H10F5NO5S. The number of carbonyl (C=O) groups excluding carboxylic acids is 1. The number of phenols is 2. The molecule has 0 bridgehead atoms. The normalized spacial score (nSPS) is 14.3. The van der Waals surface area contributed by atoms with Crippen molar-refractivity contribution < 1.29 is 38.9 Å². The maximum Gasteiger partial charge on any atom is 0.349 e. The number of phenolic OH excluding ortho intramolecular Hbond substituents is 2. The zero-order valence-corrected chi connectivity index (χ0v) is 14.3. The average Bonchev–Trinajstić information content (AvgIpc) is 2.54. The van der Waals surface area contributed by atoms with Crippen molar-refractivity contribution >= 4 is 32.8 Å². The lowest BCUT2D eigenvalue weighted by atomic mass is 10.1. The summed E-state index contributed by atoms with van der Waals surface area (Å²) >= 11 is 0. The predicted octanol–water partition coefficient (Wildman–Crippen LogP) is 5.11. The third-order valence-corrected chi connectivity index (χ3v) is 4.79. The highest BCUT2D eigenvalue weighted by Crippen LogP contribution is 3.02. The molecule has 1 aromatic heterocycles. The van der Waals surface area contributed by atoms with E-state index in [1.54, 1.807) is 0 Å². The minimum absolute atomic E-state index is 0.0799. The van der Waals surface area contributed by atoms with Gasteiger partial charge in [0.1, 0.15) is 16.0 Å². The minimum atomic E-state index is -9.84. The van der Waals surface area contributed by atoms with Gasteiger partial charge in [0.05, 0.1) is 0 Å². The molecule has 3 rings (SSSR count). The van der Waals surface area contributed by atoms with E-state index in [1.165, 1.54) is 0 Å². The van der Waals surface area contributed by atoms with Crippen LogP contribution in [0.4, 0.5) is 25.1 Å². The number of amides is 1. The maximum atomic E-state index is 12.7. The number of anilines is 1. The minimum Gasteiger partial charge on any atom is -0.504 e. The third-order valence-electron chi connectivity index (χ3n) is 3.63. The van der Waals surface area contributed by atoms with Crippen molar-refractivity contribution in [3.05, 3.63) is 58.4 Å². The van der Waals surface area contributed by atoms with Crippen LogP contribution in [0.3, 0.4) is 0 Å². The molecule has 150 valence electrons. The van der Waals surface area contributed by atoms with Gasteiger partial charge in [-0.3, -0.25) is 4.79 Å². The number of hydrogen-bond acceptors (Lipinski definition) is 5. The summed E-state index contributed by atoms with van der Waals surface area (Å²) in [7, 11) is -9.84. The van der Waals surface area contributed by atoms with Crippen LogP contribution in [0.25, 0.3) is 11.0 Å². The Hall–Kier alpha value is -3.28. The van der Waals surface area contributed by atoms with Crippen LogP contribution < -0.4 is 10.9 Å². The Morgan fingerprint density at radius 1 is 0.929 bits per heavy atom. The summed E-state index contributed by atoms with van der Waals surface area (Å²) in [4.78, 5) is 22.0. The molecule has 0 radical (unpaired) electrons. The maximum absolute atomic E-state index is 12.7. The molecule has 0 spiro atoms. The topological polar surface area (TPSA) is 99.8 Å². The summed E-state index contributed by atoms with van der Waals surface area (Å²) in [5, 5.41) is 21.0. The van der Waals surface area contributed by atoms with E-state index in [4.69, 9.17) is 4.42 Å². The van der Waals surface area contributed by atoms with Crippen LogP contribution in [-0.4, -0.2) is 16.1 Å². The zero-order valence-electron chi connectivity index (χ0n) is 13.5. The molecule has 2 aromatic carbocycles. The van der Waals surface area contributed by atoms with E-state index in [1.807, 2.05) is 0 Å². The molecular weight excluding hydrogens is 413 g/mol. The van der Waals surface area contributed by atoms with Gasteiger partial charge in [-0.05, 0) is 36.4 Å². The fourth-order valence-corrected chi connectivity index (χ4v) is 2.95. The SMILES string of the molecule is O=C(Nc1ccc(S(F)(F)(F)(F)F)cc1)c1cc2cc(O)c(O)cc2oc1=O. The number of fused-ring (bicyclic) bond motifs is 1. The van der Waals surface area contributed by atoms with Gasteiger partial charge in [0.2, 0.25) is 0 Å². The summed E-state index contributed by atoms with van der Waals surface area (Å²) in [5.41, 5.74) is -2.09. The van der Waals surface area contributed by atoms with Gasteiger partial charge in [-0.15, -0.1) is 0 Å². The Labute approximate surface area is 152 Å². The summed E-state index contributed by atoms with van der Waals surface area (Å²) in [6.07, 6.45) is 0. The van der Waals surface area contributed by atoms with Gasteiger partial charge in [-0.1, -0.05) is 19.4 Å². The van der Waals surface area contributed by atoms with Crippen LogP contribution in [0, 0.1) is 0 Å². The number of carbonyl (C=O) groups is 1. The predicted molar refractivity (Wildman–Crippen MR) is 91.6 cm³/mol. The molecule has 0 unspecified atom stereocenters. The first-order chi connectivity index (χ1) is 12.6. The Morgan fingerprint density at radius 3 is 2.07 bits per heavy atom. The second-order valence-corrected chi connectivity index (χ2v) is 8.18. The second-order valence-electron chi connectivity index (χ2n) is 5.77. The zero-order chi connectivity index (χ0) is 21.0. The molecule has 0 fully saturated rings. The first kappa shape index (κ1) is 19.5. The number of aromatic hydroxyl groups is 2. The van der Waals surface area contributed by atoms with E-state index in [-0.39, 0.29) is 28.8 Å². The van der Waals surface area contributed by atoms with Gasteiger partial charge in [0.15, 0.2) is 11.5 Å². The number of rotatable bonds is 3. The van der Waals surface area contributed by atoms with Crippen molar-refractivity contribution in [2.45, 2.75) is 4.90 Å². The summed E-state index contributed by atoms with van der Waals surface area (Å²) in [6.45, 7) is 0. The molecule has 0 aliphatic heterocycles.